The lowest BCUT2D eigenvalue weighted by Gasteiger charge is -2.32. The summed E-state index contributed by atoms with van der Waals surface area (Å²) >= 11 is 0. The molecule has 1 aliphatic rings. The number of likely N-dealkylation sites (N-methyl/N-ethyl adjacent to an activating group) is 1. The number of aromatic nitrogens is 5. The highest BCUT2D eigenvalue weighted by molar-refractivity contribution is 5.90. The van der Waals surface area contributed by atoms with Crippen molar-refractivity contribution in [2.45, 2.75) is 39.0 Å². The molecule has 33 heavy (non-hydrogen) atoms. The zero-order chi connectivity index (χ0) is 23.1. The molecule has 8 nitrogen and oxygen atoms in total. The minimum atomic E-state index is 0.212. The van der Waals surface area contributed by atoms with Crippen LogP contribution in [0.15, 0.2) is 30.7 Å². The molecule has 1 amide bonds. The maximum atomic E-state index is 12.4. The van der Waals surface area contributed by atoms with E-state index >= 15 is 0 Å². The average Bonchev–Trinajstić information content (AvgIpc) is 3.45. The molecule has 0 bridgehead atoms. The number of H-pyrrole nitrogens is 1. The van der Waals surface area contributed by atoms with Crippen LogP contribution in [0.2, 0.25) is 0 Å². The summed E-state index contributed by atoms with van der Waals surface area (Å²) < 4.78 is 1.84. The molecule has 8 heteroatoms. The van der Waals surface area contributed by atoms with Gasteiger partial charge in [-0.2, -0.15) is 10.2 Å². The van der Waals surface area contributed by atoms with Gasteiger partial charge in [-0.15, -0.1) is 0 Å². The number of piperidine rings is 1. The zero-order valence-electron chi connectivity index (χ0n) is 19.8. The lowest BCUT2D eigenvalue weighted by atomic mass is 9.89. The van der Waals surface area contributed by atoms with Gasteiger partial charge in [-0.1, -0.05) is 13.0 Å². The first kappa shape index (κ1) is 21.6. The highest BCUT2D eigenvalue weighted by Crippen LogP contribution is 2.36. The predicted molar refractivity (Wildman–Crippen MR) is 129 cm³/mol. The van der Waals surface area contributed by atoms with Gasteiger partial charge in [0.05, 0.1) is 17.8 Å². The zero-order valence-corrected chi connectivity index (χ0v) is 19.8. The first-order valence-corrected chi connectivity index (χ1v) is 11.7. The van der Waals surface area contributed by atoms with E-state index in [-0.39, 0.29) is 5.91 Å². The fourth-order valence-corrected chi connectivity index (χ4v) is 5.03. The number of pyridine rings is 1. The summed E-state index contributed by atoms with van der Waals surface area (Å²) in [5.74, 6) is 0.580. The number of hydrogen-bond acceptors (Lipinski definition) is 5. The molecule has 1 fully saturated rings. The molecule has 1 N–H and O–H groups in total. The number of fused-ring (bicyclic) bond motifs is 2. The molecule has 0 radical (unpaired) electrons. The summed E-state index contributed by atoms with van der Waals surface area (Å²) in [7, 11) is 3.87. The van der Waals surface area contributed by atoms with Gasteiger partial charge in [0.1, 0.15) is 6.33 Å². The first-order valence-electron chi connectivity index (χ1n) is 11.7. The number of hydrogen-bond donors (Lipinski definition) is 1. The van der Waals surface area contributed by atoms with Crippen LogP contribution >= 0.6 is 0 Å². The lowest BCUT2D eigenvalue weighted by Crippen LogP contribution is -2.42. The first-order chi connectivity index (χ1) is 15.9. The summed E-state index contributed by atoms with van der Waals surface area (Å²) in [5, 5.41) is 13.7. The predicted octanol–water partition coefficient (Wildman–Crippen LogP) is 3.41. The number of carbonyl (C=O) groups excluding carboxylic acids is 1. The fourth-order valence-electron chi connectivity index (χ4n) is 5.03. The molecule has 1 aromatic carbocycles. The van der Waals surface area contributed by atoms with Crippen molar-refractivity contribution >= 4 is 22.5 Å². The Morgan fingerprint density at radius 2 is 1.97 bits per heavy atom. The molecular formula is C25H31N7O. The van der Waals surface area contributed by atoms with E-state index < -0.39 is 0 Å². The van der Waals surface area contributed by atoms with E-state index in [4.69, 9.17) is 5.10 Å². The van der Waals surface area contributed by atoms with Crippen LogP contribution in [0, 0.1) is 6.92 Å². The molecule has 0 spiro atoms. The van der Waals surface area contributed by atoms with Gasteiger partial charge >= 0.3 is 0 Å². The molecule has 0 aliphatic carbocycles. The third-order valence-electron chi connectivity index (χ3n) is 6.73. The van der Waals surface area contributed by atoms with Crippen molar-refractivity contribution in [3.05, 3.63) is 47.5 Å². The molecule has 3 aromatic heterocycles. The largest absolute Gasteiger partial charge is 0.342 e. The summed E-state index contributed by atoms with van der Waals surface area (Å²) in [6.07, 6.45) is 6.46. The minimum Gasteiger partial charge on any atom is -0.342 e. The minimum absolute atomic E-state index is 0.212. The molecule has 0 atom stereocenters. The molecule has 172 valence electrons. The van der Waals surface area contributed by atoms with Crippen molar-refractivity contribution in [1.29, 1.82) is 0 Å². The Morgan fingerprint density at radius 1 is 1.18 bits per heavy atom. The molecule has 0 saturated carbocycles. The topological polar surface area (TPSA) is 82.4 Å². The van der Waals surface area contributed by atoms with E-state index in [0.29, 0.717) is 12.5 Å². The monoisotopic (exact) mass is 445 g/mol. The molecular weight excluding hydrogens is 414 g/mol. The molecule has 0 unspecified atom stereocenters. The van der Waals surface area contributed by atoms with E-state index in [1.54, 1.807) is 6.33 Å². The van der Waals surface area contributed by atoms with Crippen molar-refractivity contribution in [2.24, 2.45) is 0 Å². The molecule has 4 heterocycles. The van der Waals surface area contributed by atoms with Gasteiger partial charge < -0.3 is 9.80 Å². The normalized spacial score (nSPS) is 15.2. The third kappa shape index (κ3) is 3.99. The summed E-state index contributed by atoms with van der Waals surface area (Å²) in [4.78, 5) is 20.7. The van der Waals surface area contributed by atoms with Gasteiger partial charge in [-0.3, -0.25) is 9.89 Å². The number of likely N-dealkylation sites (tertiary alicyclic amines) is 1. The second-order valence-corrected chi connectivity index (χ2v) is 9.35. The van der Waals surface area contributed by atoms with E-state index in [9.17, 15) is 4.79 Å². The summed E-state index contributed by atoms with van der Waals surface area (Å²) in [6.45, 7) is 6.32. The van der Waals surface area contributed by atoms with Crippen LogP contribution < -0.4 is 0 Å². The van der Waals surface area contributed by atoms with Crippen LogP contribution in [0.1, 0.15) is 42.5 Å². The van der Waals surface area contributed by atoms with Crippen LogP contribution in [0.5, 0.6) is 0 Å². The highest BCUT2D eigenvalue weighted by atomic mass is 16.2. The fraction of sp³-hybridized carbons (Fsp3) is 0.440. The lowest BCUT2D eigenvalue weighted by molar-refractivity contribution is -0.132. The van der Waals surface area contributed by atoms with Gasteiger partial charge in [0.25, 0.3) is 0 Å². The van der Waals surface area contributed by atoms with Crippen LogP contribution in [-0.4, -0.2) is 74.2 Å². The van der Waals surface area contributed by atoms with Gasteiger partial charge in [-0.25, -0.2) is 9.50 Å². The SMILES string of the molecule is CCc1cc(-c2cc(C)c3ncnn3c2)cc2[nH]nc(C3CCN(C(=O)CN(C)C)CC3)c12. The standard InChI is InChI=1S/C25H31N7O/c1-5-17-11-19(20-10-16(2)25-26-15-27-32(25)13-20)12-21-23(17)24(29-28-21)18-6-8-31(9-7-18)22(33)14-30(3)4/h10-13,15,18H,5-9,14H2,1-4H3,(H,28,29). The van der Waals surface area contributed by atoms with Crippen molar-refractivity contribution in [3.8, 4) is 11.1 Å². The van der Waals surface area contributed by atoms with Crippen molar-refractivity contribution in [1.82, 2.24) is 34.6 Å². The molecule has 1 saturated heterocycles. The second-order valence-electron chi connectivity index (χ2n) is 9.35. The maximum absolute atomic E-state index is 12.4. The Morgan fingerprint density at radius 3 is 2.70 bits per heavy atom. The van der Waals surface area contributed by atoms with E-state index in [2.05, 4.69) is 47.2 Å². The highest BCUT2D eigenvalue weighted by Gasteiger charge is 2.27. The number of nitrogens with zero attached hydrogens (tertiary/aromatic N) is 6. The molecule has 5 rings (SSSR count). The number of amides is 1. The number of aryl methyl sites for hydroxylation is 2. The number of benzene rings is 1. The van der Waals surface area contributed by atoms with Gasteiger partial charge in [0, 0.05) is 36.2 Å². The second kappa shape index (κ2) is 8.59. The number of aromatic amines is 1. The average molecular weight is 446 g/mol. The molecule has 4 aromatic rings. The third-order valence-corrected chi connectivity index (χ3v) is 6.73. The van der Waals surface area contributed by atoms with Crippen LogP contribution in [-0.2, 0) is 11.2 Å². The van der Waals surface area contributed by atoms with Gasteiger partial charge in [-0.05, 0) is 69.1 Å². The maximum Gasteiger partial charge on any atom is 0.236 e. The van der Waals surface area contributed by atoms with Crippen molar-refractivity contribution < 1.29 is 4.79 Å². The number of rotatable bonds is 5. The number of nitrogens with one attached hydrogen (secondary N) is 1. The summed E-state index contributed by atoms with van der Waals surface area (Å²) in [6, 6.07) is 6.65. The molecule has 1 aliphatic heterocycles. The Hall–Kier alpha value is -3.26. The van der Waals surface area contributed by atoms with E-state index in [1.165, 1.54) is 10.9 Å². The van der Waals surface area contributed by atoms with Crippen LogP contribution in [0.25, 0.3) is 27.7 Å². The Balaban J connectivity index is 1.45. The summed E-state index contributed by atoms with van der Waals surface area (Å²) in [5.41, 5.74) is 7.77. The van der Waals surface area contributed by atoms with E-state index in [0.717, 1.165) is 65.9 Å². The van der Waals surface area contributed by atoms with Crippen molar-refractivity contribution in [3.63, 3.8) is 0 Å². The van der Waals surface area contributed by atoms with Gasteiger partial charge in [0.2, 0.25) is 5.91 Å². The van der Waals surface area contributed by atoms with E-state index in [1.807, 2.05) is 34.6 Å². The van der Waals surface area contributed by atoms with Crippen molar-refractivity contribution in [2.75, 3.05) is 33.7 Å². The smallest absolute Gasteiger partial charge is 0.236 e. The van der Waals surface area contributed by atoms with Gasteiger partial charge in [0.15, 0.2) is 5.65 Å². The van der Waals surface area contributed by atoms with Crippen LogP contribution in [0.4, 0.5) is 0 Å². The quantitative estimate of drug-likeness (QED) is 0.509. The Labute approximate surface area is 193 Å². The Kier molecular flexibility index (Phi) is 5.62. The Bertz CT molecular complexity index is 1310. The number of carbonyl (C=O) groups is 1. The van der Waals surface area contributed by atoms with Crippen LogP contribution in [0.3, 0.4) is 0 Å².